The summed E-state index contributed by atoms with van der Waals surface area (Å²) in [7, 11) is 0. The van der Waals surface area contributed by atoms with E-state index in [2.05, 4.69) is 5.32 Å². The highest BCUT2D eigenvalue weighted by Crippen LogP contribution is 2.44. The highest BCUT2D eigenvalue weighted by atomic mass is 35.5. The Labute approximate surface area is 86.5 Å². The van der Waals surface area contributed by atoms with E-state index in [4.69, 9.17) is 0 Å². The number of nitrogens with one attached hydrogen (secondary N) is 1. The minimum atomic E-state index is 0. The maximum Gasteiger partial charge on any atom is 0.0477 e. The Morgan fingerprint density at radius 3 is 2.54 bits per heavy atom. The molecule has 1 unspecified atom stereocenters. The van der Waals surface area contributed by atoms with E-state index in [1.54, 1.807) is 0 Å². The molecule has 0 aromatic carbocycles. The van der Waals surface area contributed by atoms with Crippen molar-refractivity contribution in [2.75, 3.05) is 19.7 Å². The van der Waals surface area contributed by atoms with Crippen LogP contribution in [0.1, 0.15) is 32.1 Å². The third-order valence-corrected chi connectivity index (χ3v) is 3.80. The first-order chi connectivity index (χ1) is 5.87. The molecule has 2 aliphatic rings. The molecular weight excluding hydrogens is 186 g/mol. The van der Waals surface area contributed by atoms with Crippen molar-refractivity contribution in [3.05, 3.63) is 0 Å². The van der Waals surface area contributed by atoms with Crippen molar-refractivity contribution in [1.29, 1.82) is 0 Å². The Morgan fingerprint density at radius 2 is 1.92 bits per heavy atom. The number of hydrogen-bond donors (Lipinski definition) is 2. The maximum absolute atomic E-state index is 9.24. The molecule has 1 heterocycles. The topological polar surface area (TPSA) is 32.3 Å². The van der Waals surface area contributed by atoms with Gasteiger partial charge in [-0.3, -0.25) is 0 Å². The quantitative estimate of drug-likeness (QED) is 0.681. The van der Waals surface area contributed by atoms with Crippen molar-refractivity contribution in [3.8, 4) is 0 Å². The van der Waals surface area contributed by atoms with Crippen LogP contribution in [0.15, 0.2) is 0 Å². The average molecular weight is 206 g/mol. The summed E-state index contributed by atoms with van der Waals surface area (Å²) in [5.74, 6) is 0.540. The second-order valence-corrected chi connectivity index (χ2v) is 4.43. The van der Waals surface area contributed by atoms with Gasteiger partial charge in [-0.05, 0) is 18.3 Å². The fourth-order valence-electron chi connectivity index (χ4n) is 2.96. The van der Waals surface area contributed by atoms with Crippen LogP contribution in [0.25, 0.3) is 0 Å². The molecule has 1 spiro atoms. The largest absolute Gasteiger partial charge is 0.396 e. The molecule has 3 heteroatoms. The van der Waals surface area contributed by atoms with Crippen molar-refractivity contribution in [1.82, 2.24) is 5.32 Å². The van der Waals surface area contributed by atoms with Crippen LogP contribution in [-0.4, -0.2) is 24.8 Å². The summed E-state index contributed by atoms with van der Waals surface area (Å²) in [5.41, 5.74) is 0.479. The zero-order valence-corrected chi connectivity index (χ0v) is 8.91. The maximum atomic E-state index is 9.24. The first-order valence-corrected chi connectivity index (χ1v) is 5.19. The van der Waals surface area contributed by atoms with Crippen LogP contribution in [-0.2, 0) is 0 Å². The van der Waals surface area contributed by atoms with Gasteiger partial charge >= 0.3 is 0 Å². The van der Waals surface area contributed by atoms with Crippen LogP contribution >= 0.6 is 12.4 Å². The molecule has 2 fully saturated rings. The van der Waals surface area contributed by atoms with E-state index in [1.165, 1.54) is 32.1 Å². The summed E-state index contributed by atoms with van der Waals surface area (Å²) < 4.78 is 0. The van der Waals surface area contributed by atoms with Gasteiger partial charge in [0.1, 0.15) is 0 Å². The zero-order chi connectivity index (χ0) is 8.44. The fraction of sp³-hybridized carbons (Fsp3) is 1.00. The fourth-order valence-corrected chi connectivity index (χ4v) is 2.96. The molecule has 78 valence electrons. The highest BCUT2D eigenvalue weighted by Gasteiger charge is 2.42. The van der Waals surface area contributed by atoms with Crippen molar-refractivity contribution < 1.29 is 5.11 Å². The van der Waals surface area contributed by atoms with Crippen LogP contribution in [0.4, 0.5) is 0 Å². The van der Waals surface area contributed by atoms with Crippen LogP contribution in [0, 0.1) is 11.3 Å². The number of halogens is 1. The zero-order valence-electron chi connectivity index (χ0n) is 8.09. The minimum Gasteiger partial charge on any atom is -0.396 e. The van der Waals surface area contributed by atoms with Gasteiger partial charge in [-0.25, -0.2) is 0 Å². The van der Waals surface area contributed by atoms with E-state index in [-0.39, 0.29) is 12.4 Å². The first kappa shape index (κ1) is 11.3. The third kappa shape index (κ3) is 2.00. The molecule has 0 radical (unpaired) electrons. The van der Waals surface area contributed by atoms with Gasteiger partial charge in [0.05, 0.1) is 0 Å². The standard InChI is InChI=1S/C10H19NO.ClH/c12-7-9-6-11-8-10(9)4-2-1-3-5-10;/h9,11-12H,1-8H2;1H. The van der Waals surface area contributed by atoms with Crippen LogP contribution in [0.2, 0.25) is 0 Å². The number of aliphatic hydroxyl groups is 1. The first-order valence-electron chi connectivity index (χ1n) is 5.19. The Hall–Kier alpha value is 0.210. The van der Waals surface area contributed by atoms with Gasteiger partial charge in [0.2, 0.25) is 0 Å². The molecule has 0 bridgehead atoms. The summed E-state index contributed by atoms with van der Waals surface area (Å²) in [4.78, 5) is 0. The van der Waals surface area contributed by atoms with Gasteiger partial charge in [0, 0.05) is 25.6 Å². The number of hydrogen-bond acceptors (Lipinski definition) is 2. The van der Waals surface area contributed by atoms with Crippen LogP contribution in [0.3, 0.4) is 0 Å². The monoisotopic (exact) mass is 205 g/mol. The molecule has 1 saturated carbocycles. The van der Waals surface area contributed by atoms with Crippen molar-refractivity contribution in [3.63, 3.8) is 0 Å². The van der Waals surface area contributed by atoms with Gasteiger partial charge in [0.25, 0.3) is 0 Å². The molecule has 0 amide bonds. The predicted octanol–water partition coefficient (Wildman–Crippen LogP) is 1.57. The molecule has 1 saturated heterocycles. The highest BCUT2D eigenvalue weighted by molar-refractivity contribution is 5.85. The van der Waals surface area contributed by atoms with E-state index in [0.29, 0.717) is 17.9 Å². The third-order valence-electron chi connectivity index (χ3n) is 3.80. The Morgan fingerprint density at radius 1 is 1.23 bits per heavy atom. The Bertz CT molecular complexity index is 157. The summed E-state index contributed by atoms with van der Waals surface area (Å²) in [6.07, 6.45) is 6.83. The second kappa shape index (κ2) is 4.63. The minimum absolute atomic E-state index is 0. The smallest absolute Gasteiger partial charge is 0.0477 e. The molecule has 2 nitrogen and oxygen atoms in total. The van der Waals surface area contributed by atoms with E-state index >= 15 is 0 Å². The van der Waals surface area contributed by atoms with Gasteiger partial charge in [-0.1, -0.05) is 19.3 Å². The van der Waals surface area contributed by atoms with Gasteiger partial charge in [0.15, 0.2) is 0 Å². The van der Waals surface area contributed by atoms with Crippen molar-refractivity contribution in [2.24, 2.45) is 11.3 Å². The molecule has 0 aromatic rings. The molecule has 13 heavy (non-hydrogen) atoms. The average Bonchev–Trinajstić information content (AvgIpc) is 2.49. The summed E-state index contributed by atoms with van der Waals surface area (Å²) >= 11 is 0. The summed E-state index contributed by atoms with van der Waals surface area (Å²) in [6, 6.07) is 0. The number of rotatable bonds is 1. The predicted molar refractivity (Wildman–Crippen MR) is 56.2 cm³/mol. The lowest BCUT2D eigenvalue weighted by Crippen LogP contribution is -2.34. The van der Waals surface area contributed by atoms with E-state index in [9.17, 15) is 5.11 Å². The normalized spacial score (nSPS) is 31.6. The molecule has 0 aromatic heterocycles. The van der Waals surface area contributed by atoms with Crippen LogP contribution in [0.5, 0.6) is 0 Å². The molecule has 2 N–H and O–H groups in total. The lowest BCUT2D eigenvalue weighted by molar-refractivity contribution is 0.0931. The van der Waals surface area contributed by atoms with Crippen molar-refractivity contribution in [2.45, 2.75) is 32.1 Å². The summed E-state index contributed by atoms with van der Waals surface area (Å²) in [5, 5.41) is 12.7. The van der Waals surface area contributed by atoms with Crippen molar-refractivity contribution >= 4 is 12.4 Å². The molecule has 1 aliphatic heterocycles. The SMILES string of the molecule is Cl.OCC1CNCC12CCCCC2. The Kier molecular flexibility index (Phi) is 4.02. The van der Waals surface area contributed by atoms with E-state index in [0.717, 1.165) is 13.1 Å². The van der Waals surface area contributed by atoms with Gasteiger partial charge in [-0.2, -0.15) is 0 Å². The molecular formula is C10H20ClNO. The summed E-state index contributed by atoms with van der Waals surface area (Å²) in [6.45, 7) is 2.57. The molecule has 1 atom stereocenters. The number of aliphatic hydroxyl groups excluding tert-OH is 1. The molecule has 1 aliphatic carbocycles. The van der Waals surface area contributed by atoms with Gasteiger partial charge in [-0.15, -0.1) is 12.4 Å². The van der Waals surface area contributed by atoms with E-state index < -0.39 is 0 Å². The van der Waals surface area contributed by atoms with Crippen LogP contribution < -0.4 is 5.32 Å². The second-order valence-electron chi connectivity index (χ2n) is 4.43. The Balaban J connectivity index is 0.000000845. The molecule has 2 rings (SSSR count). The lowest BCUT2D eigenvalue weighted by atomic mass is 9.68. The van der Waals surface area contributed by atoms with E-state index in [1.807, 2.05) is 0 Å². The van der Waals surface area contributed by atoms with Gasteiger partial charge < -0.3 is 10.4 Å². The lowest BCUT2D eigenvalue weighted by Gasteiger charge is -2.37.